The lowest BCUT2D eigenvalue weighted by atomic mass is 9.75. The zero-order valence-electron chi connectivity index (χ0n) is 22.6. The first-order valence-corrected chi connectivity index (χ1v) is 13.1. The molecule has 40 heavy (non-hydrogen) atoms. The minimum atomic E-state index is -2.44. The molecule has 0 spiro atoms. The van der Waals surface area contributed by atoms with Crippen LogP contribution in [-0.2, 0) is 47.8 Å². The molecule has 1 saturated heterocycles. The number of esters is 3. The first kappa shape index (κ1) is 33.8. The molecular weight excluding hydrogens is 599 g/mol. The highest BCUT2D eigenvalue weighted by atomic mass is 35.6. The Morgan fingerprint density at radius 2 is 1.60 bits per heavy atom. The number of carbonyl (C=O) groups is 5. The number of hydrogen-bond donors (Lipinski definition) is 2. The van der Waals surface area contributed by atoms with E-state index in [1.165, 1.54) is 6.92 Å². The molecule has 0 aromatic carbocycles. The number of rotatable bonds is 8. The number of aliphatic imine (C=N–C) groups is 1. The number of nitrogens with zero attached hydrogens (tertiary/aromatic N) is 1. The van der Waals surface area contributed by atoms with Gasteiger partial charge in [0, 0.05) is 39.3 Å². The molecule has 2 N–H and O–H groups in total. The number of hydroxylamine groups is 1. The fourth-order valence-electron chi connectivity index (χ4n) is 4.28. The number of nitrogens with one attached hydrogen (secondary N) is 1. The number of Topliss-reactive ketones (excluding diaryl/α,β-unsaturated/α-hetero) is 1. The number of alkyl halides is 3. The highest BCUT2D eigenvalue weighted by molar-refractivity contribution is 6.76. The van der Waals surface area contributed by atoms with Crippen LogP contribution in [-0.4, -0.2) is 81.5 Å². The Balaban J connectivity index is 2.63. The van der Waals surface area contributed by atoms with Gasteiger partial charge in [-0.15, -0.1) is 0 Å². The van der Waals surface area contributed by atoms with E-state index in [-0.39, 0.29) is 35.7 Å². The molecule has 1 aliphatic carbocycles. The van der Waals surface area contributed by atoms with Crippen molar-refractivity contribution in [2.24, 2.45) is 10.4 Å². The molecule has 0 radical (unpaired) electrons. The van der Waals surface area contributed by atoms with Gasteiger partial charge in [0.1, 0.15) is 24.5 Å². The Bertz CT molecular complexity index is 1100. The van der Waals surface area contributed by atoms with E-state index in [2.05, 4.69) is 4.99 Å². The second kappa shape index (κ2) is 13.5. The maximum absolute atomic E-state index is 12.9. The van der Waals surface area contributed by atoms with Crippen LogP contribution >= 0.6 is 34.8 Å². The number of aliphatic hydroxyl groups excluding tert-OH is 1. The van der Waals surface area contributed by atoms with Crippen LogP contribution in [0.25, 0.3) is 0 Å². The maximum Gasteiger partial charge on any atom is 0.303 e. The van der Waals surface area contributed by atoms with E-state index < -0.39 is 70.3 Å². The molecule has 0 saturated carbocycles. The molecule has 1 amide bonds. The molecule has 2 rings (SSSR count). The summed E-state index contributed by atoms with van der Waals surface area (Å²) in [5.74, 6) is -4.13. The molecule has 1 aliphatic heterocycles. The minimum Gasteiger partial charge on any atom is -0.511 e. The molecule has 224 valence electrons. The predicted octanol–water partition coefficient (Wildman–Crippen LogP) is 2.59. The van der Waals surface area contributed by atoms with Crippen LogP contribution in [0, 0.1) is 5.41 Å². The summed E-state index contributed by atoms with van der Waals surface area (Å²) in [6, 6.07) is -1.43. The molecule has 0 bridgehead atoms. The molecule has 1 heterocycles. The summed E-state index contributed by atoms with van der Waals surface area (Å²) >= 11 is 16.8. The quantitative estimate of drug-likeness (QED) is 0.133. The Morgan fingerprint density at radius 3 is 2.10 bits per heavy atom. The third-order valence-corrected chi connectivity index (χ3v) is 6.27. The number of ketones is 1. The van der Waals surface area contributed by atoms with Crippen molar-refractivity contribution in [2.45, 2.75) is 88.8 Å². The van der Waals surface area contributed by atoms with Gasteiger partial charge in [-0.2, -0.15) is 0 Å². The Morgan fingerprint density at radius 1 is 1.02 bits per heavy atom. The topological polar surface area (TPSA) is 176 Å². The summed E-state index contributed by atoms with van der Waals surface area (Å²) in [5, 5.41) is 10.7. The van der Waals surface area contributed by atoms with Gasteiger partial charge in [-0.1, -0.05) is 48.7 Å². The summed E-state index contributed by atoms with van der Waals surface area (Å²) < 4.78 is 19.2. The van der Waals surface area contributed by atoms with Crippen molar-refractivity contribution in [2.75, 3.05) is 6.61 Å². The van der Waals surface area contributed by atoms with Gasteiger partial charge < -0.3 is 24.1 Å². The fraction of sp³-hybridized carbons (Fsp3) is 0.667. The molecule has 16 heteroatoms. The highest BCUT2D eigenvalue weighted by Crippen LogP contribution is 2.37. The van der Waals surface area contributed by atoms with Crippen LogP contribution in [0.5, 0.6) is 0 Å². The Labute approximate surface area is 245 Å². The zero-order chi connectivity index (χ0) is 30.6. The van der Waals surface area contributed by atoms with Gasteiger partial charge in [0.05, 0.1) is 5.57 Å². The Hall–Kier alpha value is -2.45. The van der Waals surface area contributed by atoms with E-state index in [1.54, 1.807) is 0 Å². The summed E-state index contributed by atoms with van der Waals surface area (Å²) in [5.41, 5.74) is 1.37. The average molecular weight is 630 g/mol. The SMILES string of the molecule is CC(=O)OC[C@H]1OC(ONC(=O)C(Cl)(Cl)Cl)[C@H](N=C(C)C2=C(O)CC(C)(C)CC2=O)[C@@H](OC(C)=O)[C@@H]1OC(C)=O. The van der Waals surface area contributed by atoms with Crippen LogP contribution in [0.15, 0.2) is 16.3 Å². The van der Waals surface area contributed by atoms with Gasteiger partial charge >= 0.3 is 17.9 Å². The van der Waals surface area contributed by atoms with Crippen molar-refractivity contribution in [3.8, 4) is 0 Å². The molecule has 0 aromatic rings. The normalized spacial score (nSPS) is 27.1. The monoisotopic (exact) mass is 628 g/mol. The number of halogens is 3. The van der Waals surface area contributed by atoms with Gasteiger partial charge in [0.2, 0.25) is 6.29 Å². The zero-order valence-corrected chi connectivity index (χ0v) is 24.9. The van der Waals surface area contributed by atoms with Crippen LogP contribution in [0.1, 0.15) is 54.4 Å². The molecule has 2 aliphatic rings. The van der Waals surface area contributed by atoms with Crippen molar-refractivity contribution < 1.29 is 52.9 Å². The van der Waals surface area contributed by atoms with E-state index in [0.29, 0.717) is 0 Å². The highest BCUT2D eigenvalue weighted by Gasteiger charge is 2.52. The average Bonchev–Trinajstić information content (AvgIpc) is 2.76. The van der Waals surface area contributed by atoms with E-state index >= 15 is 0 Å². The van der Waals surface area contributed by atoms with Crippen molar-refractivity contribution in [3.05, 3.63) is 11.3 Å². The van der Waals surface area contributed by atoms with Crippen LogP contribution in [0.3, 0.4) is 0 Å². The fourth-order valence-corrected chi connectivity index (χ4v) is 4.39. The third-order valence-electron chi connectivity index (χ3n) is 5.75. The van der Waals surface area contributed by atoms with Crippen molar-refractivity contribution in [3.63, 3.8) is 0 Å². The molecule has 0 aromatic heterocycles. The van der Waals surface area contributed by atoms with Crippen LogP contribution < -0.4 is 5.48 Å². The van der Waals surface area contributed by atoms with Crippen molar-refractivity contribution in [1.29, 1.82) is 0 Å². The smallest absolute Gasteiger partial charge is 0.303 e. The molecule has 13 nitrogen and oxygen atoms in total. The van der Waals surface area contributed by atoms with Gasteiger partial charge in [0.25, 0.3) is 9.70 Å². The number of amides is 1. The van der Waals surface area contributed by atoms with Crippen molar-refractivity contribution >= 4 is 70.1 Å². The predicted molar refractivity (Wildman–Crippen MR) is 140 cm³/mol. The standard InChI is InChI=1S/C24H31Cl3N2O11/c1-10(17-14(33)7-23(5,6)8-15(17)34)28-18-20(38-13(4)32)19(37-12(3)31)16(9-36-11(2)30)39-21(18)40-29-22(35)24(25,26)27/h16,18-21,33H,7-9H2,1-6H3,(H,29,35)/t16-,18-,19-,20-,21?/m1/s1. The number of ether oxygens (including phenoxy) is 4. The first-order valence-electron chi connectivity index (χ1n) is 12.0. The van der Waals surface area contributed by atoms with Crippen LogP contribution in [0.4, 0.5) is 0 Å². The number of hydrogen-bond acceptors (Lipinski definition) is 12. The van der Waals surface area contributed by atoms with E-state index in [0.717, 1.165) is 20.8 Å². The lowest BCUT2D eigenvalue weighted by molar-refractivity contribution is -0.285. The molecule has 1 unspecified atom stereocenters. The van der Waals surface area contributed by atoms with Crippen LogP contribution in [0.2, 0.25) is 0 Å². The second-order valence-electron chi connectivity index (χ2n) is 10.0. The van der Waals surface area contributed by atoms with Gasteiger partial charge in [-0.3, -0.25) is 29.0 Å². The van der Waals surface area contributed by atoms with Gasteiger partial charge in [-0.25, -0.2) is 10.3 Å². The largest absolute Gasteiger partial charge is 0.511 e. The summed E-state index contributed by atoms with van der Waals surface area (Å²) in [7, 11) is 0. The maximum atomic E-state index is 12.9. The van der Waals surface area contributed by atoms with Gasteiger partial charge in [-0.05, 0) is 12.3 Å². The first-order chi connectivity index (χ1) is 18.3. The van der Waals surface area contributed by atoms with E-state index in [9.17, 15) is 29.1 Å². The van der Waals surface area contributed by atoms with E-state index in [1.807, 2.05) is 19.3 Å². The van der Waals surface area contributed by atoms with Crippen molar-refractivity contribution in [1.82, 2.24) is 5.48 Å². The number of carbonyl (C=O) groups excluding carboxylic acids is 5. The molecule has 5 atom stereocenters. The minimum absolute atomic E-state index is 0.0186. The lowest BCUT2D eigenvalue weighted by Gasteiger charge is -2.43. The summed E-state index contributed by atoms with van der Waals surface area (Å²) in [6.07, 6.45) is -5.47. The summed E-state index contributed by atoms with van der Waals surface area (Å²) in [4.78, 5) is 70.5. The summed E-state index contributed by atoms with van der Waals surface area (Å²) in [6.45, 7) is 7.87. The lowest BCUT2D eigenvalue weighted by Crippen LogP contribution is -2.62. The Kier molecular flexibility index (Phi) is 11.4. The molecular formula is C24H31Cl3N2O11. The number of aliphatic hydroxyl groups is 1. The second-order valence-corrected chi connectivity index (χ2v) is 12.3. The van der Waals surface area contributed by atoms with E-state index in [4.69, 9.17) is 58.6 Å². The third kappa shape index (κ3) is 9.30. The number of allylic oxidation sites excluding steroid dienone is 2. The van der Waals surface area contributed by atoms with Gasteiger partial charge in [0.15, 0.2) is 18.0 Å². The molecule has 1 fully saturated rings.